The fraction of sp³-hybridized carbons (Fsp3) is 0.0769. The van der Waals surface area contributed by atoms with Crippen LogP contribution in [0, 0.1) is 0 Å². The Morgan fingerprint density at radius 2 is 2.08 bits per heavy atom. The van der Waals surface area contributed by atoms with Gasteiger partial charge in [-0.25, -0.2) is 14.5 Å². The standard InChI is InChI=1S/C13H7F3N4O4/c14-13(15,16)8-3-1-2-7-9(8)18-11(19-10(7)21)20-5-6(4-17-20)24-12(22)23/h1-5H,(H,22,23)(H,18,19,21). The Labute approximate surface area is 130 Å². The Bertz CT molecular complexity index is 993. The summed E-state index contributed by atoms with van der Waals surface area (Å²) >= 11 is 0. The predicted molar refractivity (Wildman–Crippen MR) is 73.1 cm³/mol. The molecule has 124 valence electrons. The summed E-state index contributed by atoms with van der Waals surface area (Å²) < 4.78 is 44.5. The van der Waals surface area contributed by atoms with Gasteiger partial charge in [0.2, 0.25) is 5.95 Å². The van der Waals surface area contributed by atoms with Crippen LogP contribution in [0.2, 0.25) is 0 Å². The minimum atomic E-state index is -4.70. The summed E-state index contributed by atoms with van der Waals surface area (Å²) in [5.74, 6) is -0.501. The second kappa shape index (κ2) is 5.37. The molecule has 0 saturated carbocycles. The van der Waals surface area contributed by atoms with Gasteiger partial charge in [-0.05, 0) is 12.1 Å². The van der Waals surface area contributed by atoms with Crippen LogP contribution in [0.25, 0.3) is 16.9 Å². The lowest BCUT2D eigenvalue weighted by Crippen LogP contribution is -2.16. The van der Waals surface area contributed by atoms with Crippen LogP contribution in [0.1, 0.15) is 5.56 Å². The minimum Gasteiger partial charge on any atom is -0.449 e. The van der Waals surface area contributed by atoms with Crippen LogP contribution in [0.4, 0.5) is 18.0 Å². The number of fused-ring (bicyclic) bond motifs is 1. The minimum absolute atomic E-state index is 0.186. The van der Waals surface area contributed by atoms with Crippen molar-refractivity contribution in [2.24, 2.45) is 0 Å². The van der Waals surface area contributed by atoms with Gasteiger partial charge in [0.25, 0.3) is 5.56 Å². The quantitative estimate of drug-likeness (QED) is 0.692. The van der Waals surface area contributed by atoms with E-state index in [2.05, 4.69) is 19.8 Å². The monoisotopic (exact) mass is 340 g/mol. The first kappa shape index (κ1) is 15.5. The molecule has 3 aromatic rings. The second-order valence-electron chi connectivity index (χ2n) is 4.58. The van der Waals surface area contributed by atoms with E-state index >= 15 is 0 Å². The molecule has 2 aromatic heterocycles. The number of para-hydroxylation sites is 1. The number of nitrogens with zero attached hydrogens (tertiary/aromatic N) is 3. The maximum atomic E-state index is 13.1. The zero-order chi connectivity index (χ0) is 17.5. The van der Waals surface area contributed by atoms with Crippen LogP contribution in [-0.4, -0.2) is 31.0 Å². The molecule has 0 aliphatic carbocycles. The number of ether oxygens (including phenoxy) is 1. The van der Waals surface area contributed by atoms with Gasteiger partial charge in [-0.1, -0.05) is 6.07 Å². The summed E-state index contributed by atoms with van der Waals surface area (Å²) in [5.41, 5.74) is -2.40. The highest BCUT2D eigenvalue weighted by atomic mass is 19.4. The highest BCUT2D eigenvalue weighted by Gasteiger charge is 2.33. The summed E-state index contributed by atoms with van der Waals surface area (Å²) in [5, 5.41) is 12.0. The van der Waals surface area contributed by atoms with Gasteiger partial charge in [0.1, 0.15) is 0 Å². The van der Waals surface area contributed by atoms with Gasteiger partial charge in [-0.3, -0.25) is 9.78 Å². The fourth-order valence-electron chi connectivity index (χ4n) is 2.06. The average molecular weight is 340 g/mol. The van der Waals surface area contributed by atoms with Crippen molar-refractivity contribution >= 4 is 17.1 Å². The number of rotatable bonds is 2. The number of aromatic amines is 1. The van der Waals surface area contributed by atoms with Gasteiger partial charge < -0.3 is 9.84 Å². The first-order valence-corrected chi connectivity index (χ1v) is 6.32. The molecular formula is C13H7F3N4O4. The van der Waals surface area contributed by atoms with E-state index in [1.165, 1.54) is 6.07 Å². The summed E-state index contributed by atoms with van der Waals surface area (Å²) in [6.07, 6.45) is -4.23. The van der Waals surface area contributed by atoms with Gasteiger partial charge in [0.05, 0.1) is 28.9 Å². The Morgan fingerprint density at radius 1 is 1.33 bits per heavy atom. The van der Waals surface area contributed by atoms with E-state index in [1.54, 1.807) is 0 Å². The van der Waals surface area contributed by atoms with Crippen LogP contribution in [0.5, 0.6) is 5.75 Å². The third-order valence-corrected chi connectivity index (χ3v) is 3.01. The molecule has 0 unspecified atom stereocenters. The van der Waals surface area contributed by atoms with Crippen molar-refractivity contribution in [1.82, 2.24) is 19.7 Å². The number of benzene rings is 1. The van der Waals surface area contributed by atoms with Crippen molar-refractivity contribution in [2.75, 3.05) is 0 Å². The van der Waals surface area contributed by atoms with Crippen LogP contribution >= 0.6 is 0 Å². The average Bonchev–Trinajstić information content (AvgIpc) is 2.93. The number of H-pyrrole nitrogens is 1. The number of halogens is 3. The van der Waals surface area contributed by atoms with E-state index in [-0.39, 0.29) is 17.1 Å². The van der Waals surface area contributed by atoms with E-state index in [0.29, 0.717) is 0 Å². The molecule has 11 heteroatoms. The number of carboxylic acid groups (broad SMARTS) is 1. The molecular weight excluding hydrogens is 333 g/mol. The van der Waals surface area contributed by atoms with Crippen molar-refractivity contribution in [2.45, 2.75) is 6.18 Å². The lowest BCUT2D eigenvalue weighted by Gasteiger charge is -2.10. The predicted octanol–water partition coefficient (Wildman–Crippen LogP) is 2.18. The number of aromatic nitrogens is 4. The molecule has 1 aromatic carbocycles. The van der Waals surface area contributed by atoms with Crippen LogP contribution in [0.15, 0.2) is 35.4 Å². The maximum Gasteiger partial charge on any atom is 0.511 e. The molecule has 24 heavy (non-hydrogen) atoms. The molecule has 2 N–H and O–H groups in total. The normalized spacial score (nSPS) is 11.6. The van der Waals surface area contributed by atoms with Gasteiger partial charge in [-0.15, -0.1) is 0 Å². The van der Waals surface area contributed by atoms with E-state index in [9.17, 15) is 22.8 Å². The molecule has 0 radical (unpaired) electrons. The molecule has 0 fully saturated rings. The second-order valence-corrected chi connectivity index (χ2v) is 4.58. The molecule has 0 atom stereocenters. The van der Waals surface area contributed by atoms with Crippen LogP contribution in [0.3, 0.4) is 0 Å². The molecule has 0 aliphatic rings. The molecule has 0 saturated heterocycles. The Balaban J connectivity index is 2.18. The molecule has 2 heterocycles. The molecule has 0 aliphatic heterocycles. The van der Waals surface area contributed by atoms with Gasteiger partial charge in [0, 0.05) is 0 Å². The van der Waals surface area contributed by atoms with Crippen molar-refractivity contribution in [3.63, 3.8) is 0 Å². The third-order valence-electron chi connectivity index (χ3n) is 3.01. The molecule has 0 amide bonds. The lowest BCUT2D eigenvalue weighted by atomic mass is 10.1. The van der Waals surface area contributed by atoms with Crippen LogP contribution < -0.4 is 10.3 Å². The van der Waals surface area contributed by atoms with E-state index in [1.807, 2.05) is 0 Å². The summed E-state index contributed by atoms with van der Waals surface area (Å²) in [6.45, 7) is 0. The first-order valence-electron chi connectivity index (χ1n) is 6.32. The van der Waals surface area contributed by atoms with Crippen molar-refractivity contribution < 1.29 is 27.8 Å². The van der Waals surface area contributed by atoms with Crippen molar-refractivity contribution in [1.29, 1.82) is 0 Å². The van der Waals surface area contributed by atoms with Gasteiger partial charge >= 0.3 is 12.3 Å². The van der Waals surface area contributed by atoms with E-state index < -0.39 is 29.0 Å². The Morgan fingerprint density at radius 3 is 2.75 bits per heavy atom. The Kier molecular flexibility index (Phi) is 3.47. The summed E-state index contributed by atoms with van der Waals surface area (Å²) in [6, 6.07) is 3.12. The smallest absolute Gasteiger partial charge is 0.449 e. The van der Waals surface area contributed by atoms with Gasteiger partial charge in [-0.2, -0.15) is 18.3 Å². The maximum absolute atomic E-state index is 13.1. The molecule has 8 nitrogen and oxygen atoms in total. The third kappa shape index (κ3) is 2.78. The largest absolute Gasteiger partial charge is 0.511 e. The van der Waals surface area contributed by atoms with E-state index in [4.69, 9.17) is 5.11 Å². The molecule has 0 bridgehead atoms. The van der Waals surface area contributed by atoms with Gasteiger partial charge in [0.15, 0.2) is 5.75 Å². The summed E-state index contributed by atoms with van der Waals surface area (Å²) in [4.78, 5) is 28.5. The zero-order valence-electron chi connectivity index (χ0n) is 11.5. The first-order chi connectivity index (χ1) is 11.3. The summed E-state index contributed by atoms with van der Waals surface area (Å²) in [7, 11) is 0. The fourth-order valence-corrected chi connectivity index (χ4v) is 2.06. The van der Waals surface area contributed by atoms with Crippen molar-refractivity contribution in [3.05, 3.63) is 46.5 Å². The number of carbonyl (C=O) groups is 1. The SMILES string of the molecule is O=C(O)Oc1cnn(-c2nc3c(C(F)(F)F)cccc3c(=O)[nH]2)c1. The van der Waals surface area contributed by atoms with E-state index in [0.717, 1.165) is 29.2 Å². The topological polar surface area (TPSA) is 110 Å². The lowest BCUT2D eigenvalue weighted by molar-refractivity contribution is -0.136. The number of alkyl halides is 3. The molecule has 0 spiro atoms. The number of nitrogens with one attached hydrogen (secondary N) is 1. The molecule has 3 rings (SSSR count). The number of hydrogen-bond acceptors (Lipinski definition) is 5. The number of hydrogen-bond donors (Lipinski definition) is 2. The van der Waals surface area contributed by atoms with Crippen molar-refractivity contribution in [3.8, 4) is 11.7 Å². The van der Waals surface area contributed by atoms with Crippen LogP contribution in [-0.2, 0) is 6.18 Å². The highest BCUT2D eigenvalue weighted by Crippen LogP contribution is 2.33. The Hall–Kier alpha value is -3.37. The highest BCUT2D eigenvalue weighted by molar-refractivity contribution is 5.81. The zero-order valence-corrected chi connectivity index (χ0v) is 11.5.